The highest BCUT2D eigenvalue weighted by molar-refractivity contribution is 5.82. The number of rotatable bonds is 1. The molecule has 98 valence electrons. The number of aryl methyl sites for hydroxylation is 3. The second kappa shape index (κ2) is 4.50. The molecule has 20 heavy (non-hydrogen) atoms. The van der Waals surface area contributed by atoms with Gasteiger partial charge in [-0.05, 0) is 43.7 Å². The van der Waals surface area contributed by atoms with E-state index in [1.165, 1.54) is 11.1 Å². The summed E-state index contributed by atoms with van der Waals surface area (Å²) in [5, 5.41) is 9.01. The molecule has 0 saturated carbocycles. The topological polar surface area (TPSA) is 41.6 Å². The quantitative estimate of drug-likeness (QED) is 0.669. The van der Waals surface area contributed by atoms with E-state index in [0.29, 0.717) is 5.56 Å². The third-order valence-electron chi connectivity index (χ3n) is 3.64. The third-order valence-corrected chi connectivity index (χ3v) is 3.64. The van der Waals surface area contributed by atoms with Gasteiger partial charge in [-0.25, -0.2) is 4.98 Å². The van der Waals surface area contributed by atoms with Crippen molar-refractivity contribution < 1.29 is 0 Å². The number of benzene rings is 2. The highest BCUT2D eigenvalue weighted by Gasteiger charge is 2.12. The fourth-order valence-corrected chi connectivity index (χ4v) is 2.48. The molecule has 3 nitrogen and oxygen atoms in total. The molecule has 0 N–H and O–H groups in total. The van der Waals surface area contributed by atoms with Crippen LogP contribution in [-0.2, 0) is 7.05 Å². The molecule has 0 bridgehead atoms. The molecule has 0 fully saturated rings. The number of imidazole rings is 1. The summed E-state index contributed by atoms with van der Waals surface area (Å²) in [6, 6.07) is 14.2. The van der Waals surface area contributed by atoms with Gasteiger partial charge in [0.25, 0.3) is 0 Å². The van der Waals surface area contributed by atoms with Crippen LogP contribution >= 0.6 is 0 Å². The Morgan fingerprint density at radius 2 is 1.90 bits per heavy atom. The van der Waals surface area contributed by atoms with E-state index in [4.69, 9.17) is 10.2 Å². The molecule has 0 atom stereocenters. The van der Waals surface area contributed by atoms with Crippen LogP contribution in [-0.4, -0.2) is 9.55 Å². The second-order valence-corrected chi connectivity index (χ2v) is 5.13. The molecule has 0 aliphatic carbocycles. The first-order valence-corrected chi connectivity index (χ1v) is 6.54. The van der Waals surface area contributed by atoms with Gasteiger partial charge in [0, 0.05) is 12.6 Å². The van der Waals surface area contributed by atoms with Gasteiger partial charge in [-0.15, -0.1) is 0 Å². The lowest BCUT2D eigenvalue weighted by molar-refractivity contribution is 0.957. The van der Waals surface area contributed by atoms with Crippen LogP contribution in [0.15, 0.2) is 36.4 Å². The summed E-state index contributed by atoms with van der Waals surface area (Å²) in [6.45, 7) is 4.17. The van der Waals surface area contributed by atoms with E-state index in [0.717, 1.165) is 22.4 Å². The Balaban J connectivity index is 2.30. The average Bonchev–Trinajstić information content (AvgIpc) is 2.78. The van der Waals surface area contributed by atoms with Crippen LogP contribution in [0.4, 0.5) is 0 Å². The molecule has 3 aromatic rings. The minimum Gasteiger partial charge on any atom is -0.327 e. The van der Waals surface area contributed by atoms with E-state index in [2.05, 4.69) is 42.7 Å². The molecular formula is C17H15N3. The summed E-state index contributed by atoms with van der Waals surface area (Å²) in [7, 11) is 1.99. The van der Waals surface area contributed by atoms with E-state index >= 15 is 0 Å². The zero-order valence-corrected chi connectivity index (χ0v) is 11.8. The molecule has 3 heteroatoms. The highest BCUT2D eigenvalue weighted by Crippen LogP contribution is 2.27. The minimum atomic E-state index is 0.660. The normalized spacial score (nSPS) is 10.7. The van der Waals surface area contributed by atoms with E-state index < -0.39 is 0 Å². The van der Waals surface area contributed by atoms with Gasteiger partial charge in [0.05, 0.1) is 22.7 Å². The SMILES string of the molecule is Cc1ccc(C)c(-c2nc3ccc(C#N)cc3n2C)c1. The molecule has 0 aliphatic heterocycles. The summed E-state index contributed by atoms with van der Waals surface area (Å²) in [6.07, 6.45) is 0. The van der Waals surface area contributed by atoms with Crippen molar-refractivity contribution in [2.45, 2.75) is 13.8 Å². The molecule has 0 radical (unpaired) electrons. The molecule has 0 unspecified atom stereocenters. The van der Waals surface area contributed by atoms with Gasteiger partial charge in [-0.1, -0.05) is 17.7 Å². The van der Waals surface area contributed by atoms with E-state index in [-0.39, 0.29) is 0 Å². The first-order chi connectivity index (χ1) is 9.60. The van der Waals surface area contributed by atoms with Crippen LogP contribution in [0.5, 0.6) is 0 Å². The Kier molecular flexibility index (Phi) is 2.80. The molecular weight excluding hydrogens is 246 g/mol. The predicted molar refractivity (Wildman–Crippen MR) is 80.3 cm³/mol. The third kappa shape index (κ3) is 1.86. The van der Waals surface area contributed by atoms with Gasteiger partial charge in [0.2, 0.25) is 0 Å². The fourth-order valence-electron chi connectivity index (χ4n) is 2.48. The molecule has 0 amide bonds. The van der Waals surface area contributed by atoms with Crippen molar-refractivity contribution >= 4 is 11.0 Å². The van der Waals surface area contributed by atoms with Crippen LogP contribution in [0, 0.1) is 25.2 Å². The molecule has 0 aliphatic rings. The molecule has 2 aromatic carbocycles. The number of hydrogen-bond acceptors (Lipinski definition) is 2. The lowest BCUT2D eigenvalue weighted by atomic mass is 10.1. The second-order valence-electron chi connectivity index (χ2n) is 5.13. The maximum atomic E-state index is 9.01. The van der Waals surface area contributed by atoms with Crippen molar-refractivity contribution in [2.75, 3.05) is 0 Å². The average molecular weight is 261 g/mol. The number of hydrogen-bond donors (Lipinski definition) is 0. The Hall–Kier alpha value is -2.60. The van der Waals surface area contributed by atoms with Gasteiger partial charge in [-0.3, -0.25) is 0 Å². The maximum Gasteiger partial charge on any atom is 0.141 e. The van der Waals surface area contributed by atoms with Gasteiger partial charge < -0.3 is 4.57 Å². The number of nitriles is 1. The summed E-state index contributed by atoms with van der Waals surface area (Å²) in [5.74, 6) is 0.941. The van der Waals surface area contributed by atoms with E-state index in [1.54, 1.807) is 0 Å². The van der Waals surface area contributed by atoms with Crippen molar-refractivity contribution in [3.05, 3.63) is 53.1 Å². The molecule has 0 spiro atoms. The largest absolute Gasteiger partial charge is 0.327 e. The number of nitrogens with zero attached hydrogens (tertiary/aromatic N) is 3. The number of fused-ring (bicyclic) bond motifs is 1. The van der Waals surface area contributed by atoms with Crippen LogP contribution < -0.4 is 0 Å². The minimum absolute atomic E-state index is 0.660. The summed E-state index contributed by atoms with van der Waals surface area (Å²) in [5.41, 5.74) is 6.13. The molecule has 1 heterocycles. The van der Waals surface area contributed by atoms with E-state index in [9.17, 15) is 0 Å². The Labute approximate surface area is 118 Å². The predicted octanol–water partition coefficient (Wildman–Crippen LogP) is 3.73. The first-order valence-electron chi connectivity index (χ1n) is 6.54. The summed E-state index contributed by atoms with van der Waals surface area (Å²) < 4.78 is 2.05. The smallest absolute Gasteiger partial charge is 0.141 e. The van der Waals surface area contributed by atoms with Crippen molar-refractivity contribution in [3.63, 3.8) is 0 Å². The lowest BCUT2D eigenvalue weighted by Gasteiger charge is -2.07. The lowest BCUT2D eigenvalue weighted by Crippen LogP contribution is -1.95. The summed E-state index contributed by atoms with van der Waals surface area (Å²) >= 11 is 0. The van der Waals surface area contributed by atoms with Crippen molar-refractivity contribution in [2.24, 2.45) is 7.05 Å². The van der Waals surface area contributed by atoms with Crippen LogP contribution in [0.25, 0.3) is 22.4 Å². The van der Waals surface area contributed by atoms with Crippen molar-refractivity contribution in [1.29, 1.82) is 5.26 Å². The highest BCUT2D eigenvalue weighted by atomic mass is 15.1. The van der Waals surface area contributed by atoms with Gasteiger partial charge in [-0.2, -0.15) is 5.26 Å². The van der Waals surface area contributed by atoms with Gasteiger partial charge >= 0.3 is 0 Å². The Bertz CT molecular complexity index is 851. The number of aromatic nitrogens is 2. The zero-order chi connectivity index (χ0) is 14.3. The molecule has 1 aromatic heterocycles. The van der Waals surface area contributed by atoms with Crippen molar-refractivity contribution in [1.82, 2.24) is 9.55 Å². The fraction of sp³-hybridized carbons (Fsp3) is 0.176. The monoisotopic (exact) mass is 261 g/mol. The standard InChI is InChI=1S/C17H15N3/c1-11-4-5-12(2)14(8-11)17-19-15-7-6-13(10-18)9-16(15)20(17)3/h4-9H,1-3H3. The molecule has 0 saturated heterocycles. The maximum absolute atomic E-state index is 9.01. The zero-order valence-electron chi connectivity index (χ0n) is 11.8. The van der Waals surface area contributed by atoms with Crippen molar-refractivity contribution in [3.8, 4) is 17.5 Å². The Morgan fingerprint density at radius 1 is 1.10 bits per heavy atom. The van der Waals surface area contributed by atoms with Gasteiger partial charge in [0.15, 0.2) is 0 Å². The summed E-state index contributed by atoms with van der Waals surface area (Å²) in [4.78, 5) is 4.71. The Morgan fingerprint density at radius 3 is 2.65 bits per heavy atom. The van der Waals surface area contributed by atoms with Crippen LogP contribution in [0.3, 0.4) is 0 Å². The van der Waals surface area contributed by atoms with Crippen LogP contribution in [0.1, 0.15) is 16.7 Å². The molecule has 3 rings (SSSR count). The van der Waals surface area contributed by atoms with Crippen LogP contribution in [0.2, 0.25) is 0 Å². The van der Waals surface area contributed by atoms with E-state index in [1.807, 2.05) is 25.2 Å². The van der Waals surface area contributed by atoms with Gasteiger partial charge in [0.1, 0.15) is 5.82 Å². The first kappa shape index (κ1) is 12.4.